The lowest BCUT2D eigenvalue weighted by Gasteiger charge is -2.19. The molecular formula is C20H23FN2O4. The van der Waals surface area contributed by atoms with Gasteiger partial charge in [-0.1, -0.05) is 6.07 Å². The van der Waals surface area contributed by atoms with Crippen molar-refractivity contribution in [3.8, 4) is 11.5 Å². The molecule has 0 aliphatic heterocycles. The number of carbonyl (C=O) groups excluding carboxylic acids is 2. The average molecular weight is 374 g/mol. The molecule has 0 radical (unpaired) electrons. The largest absolute Gasteiger partial charge is 0.493 e. The van der Waals surface area contributed by atoms with Crippen LogP contribution in [0, 0.1) is 5.82 Å². The predicted octanol–water partition coefficient (Wildman–Crippen LogP) is 3.40. The van der Waals surface area contributed by atoms with E-state index < -0.39 is 5.82 Å². The number of rotatable bonds is 7. The third-order valence-electron chi connectivity index (χ3n) is 4.16. The van der Waals surface area contributed by atoms with Gasteiger partial charge in [0.1, 0.15) is 5.82 Å². The molecule has 2 aromatic rings. The molecule has 144 valence electrons. The molecule has 0 fully saturated rings. The summed E-state index contributed by atoms with van der Waals surface area (Å²) in [5.74, 6) is 0.204. The van der Waals surface area contributed by atoms with Crippen LogP contribution in [0.2, 0.25) is 0 Å². The summed E-state index contributed by atoms with van der Waals surface area (Å²) in [5.41, 5.74) is 1.59. The van der Waals surface area contributed by atoms with Gasteiger partial charge in [-0.15, -0.1) is 0 Å². The van der Waals surface area contributed by atoms with Crippen LogP contribution >= 0.6 is 0 Å². The Morgan fingerprint density at radius 2 is 1.78 bits per heavy atom. The monoisotopic (exact) mass is 374 g/mol. The molecule has 2 rings (SSSR count). The van der Waals surface area contributed by atoms with Crippen LogP contribution in [0.1, 0.15) is 18.9 Å². The molecule has 0 heterocycles. The standard InChI is InChI=1S/C20H23FN2O4/c1-13(24)23(2)17-8-7-15(21)12-16(17)22-20(25)10-6-14-5-9-18(26-3)19(11-14)27-4/h5,7-9,11-12H,6,10H2,1-4H3,(H,22,25). The number of amides is 2. The lowest BCUT2D eigenvalue weighted by atomic mass is 10.1. The SMILES string of the molecule is COc1ccc(CCC(=O)Nc2cc(F)ccc2N(C)C(C)=O)cc1OC. The second-order valence-electron chi connectivity index (χ2n) is 5.98. The fourth-order valence-corrected chi connectivity index (χ4v) is 2.58. The zero-order valence-corrected chi connectivity index (χ0v) is 15.8. The van der Waals surface area contributed by atoms with Gasteiger partial charge in [0.25, 0.3) is 0 Å². The first-order chi connectivity index (χ1) is 12.8. The summed E-state index contributed by atoms with van der Waals surface area (Å²) in [6.45, 7) is 1.39. The minimum atomic E-state index is -0.495. The molecule has 6 nitrogen and oxygen atoms in total. The van der Waals surface area contributed by atoms with Gasteiger partial charge in [-0.05, 0) is 42.3 Å². The summed E-state index contributed by atoms with van der Waals surface area (Å²) in [6.07, 6.45) is 0.661. The van der Waals surface area contributed by atoms with Crippen LogP contribution in [-0.2, 0) is 16.0 Å². The van der Waals surface area contributed by atoms with Crippen molar-refractivity contribution in [1.29, 1.82) is 0 Å². The van der Waals surface area contributed by atoms with Gasteiger partial charge < -0.3 is 19.7 Å². The Bertz CT molecular complexity index is 839. The number of methoxy groups -OCH3 is 2. The first-order valence-electron chi connectivity index (χ1n) is 8.40. The summed E-state index contributed by atoms with van der Waals surface area (Å²) in [5, 5.41) is 2.68. The highest BCUT2D eigenvalue weighted by Gasteiger charge is 2.14. The van der Waals surface area contributed by atoms with Crippen molar-refractivity contribution in [2.24, 2.45) is 0 Å². The summed E-state index contributed by atoms with van der Waals surface area (Å²) >= 11 is 0. The number of aryl methyl sites for hydroxylation is 1. The number of benzene rings is 2. The molecule has 0 bridgehead atoms. The van der Waals surface area contributed by atoms with Gasteiger partial charge in [0.05, 0.1) is 25.6 Å². The van der Waals surface area contributed by atoms with E-state index in [1.165, 1.54) is 30.0 Å². The number of carbonyl (C=O) groups is 2. The molecule has 2 aromatic carbocycles. The fraction of sp³-hybridized carbons (Fsp3) is 0.300. The van der Waals surface area contributed by atoms with Crippen LogP contribution < -0.4 is 19.7 Å². The van der Waals surface area contributed by atoms with Crippen LogP contribution in [0.15, 0.2) is 36.4 Å². The third kappa shape index (κ3) is 5.20. The Labute approximate surface area is 157 Å². The lowest BCUT2D eigenvalue weighted by molar-refractivity contribution is -0.117. The Hall–Kier alpha value is -3.09. The first kappa shape index (κ1) is 20.2. The number of hydrogen-bond acceptors (Lipinski definition) is 4. The number of nitrogens with zero attached hydrogens (tertiary/aromatic N) is 1. The van der Waals surface area contributed by atoms with E-state index in [0.717, 1.165) is 5.56 Å². The van der Waals surface area contributed by atoms with E-state index in [-0.39, 0.29) is 23.9 Å². The van der Waals surface area contributed by atoms with E-state index >= 15 is 0 Å². The van der Waals surface area contributed by atoms with Gasteiger partial charge in [0.2, 0.25) is 11.8 Å². The minimum absolute atomic E-state index is 0.190. The maximum absolute atomic E-state index is 13.6. The molecule has 2 amide bonds. The summed E-state index contributed by atoms with van der Waals surface area (Å²) in [6, 6.07) is 9.34. The zero-order valence-electron chi connectivity index (χ0n) is 15.8. The lowest BCUT2D eigenvalue weighted by Crippen LogP contribution is -2.25. The van der Waals surface area contributed by atoms with Gasteiger partial charge in [0.15, 0.2) is 11.5 Å². The molecule has 0 spiro atoms. The van der Waals surface area contributed by atoms with Crippen molar-refractivity contribution >= 4 is 23.2 Å². The van der Waals surface area contributed by atoms with Crippen molar-refractivity contribution in [1.82, 2.24) is 0 Å². The number of ether oxygens (including phenoxy) is 2. The normalized spacial score (nSPS) is 10.3. The van der Waals surface area contributed by atoms with E-state index in [1.807, 2.05) is 12.1 Å². The topological polar surface area (TPSA) is 67.9 Å². The minimum Gasteiger partial charge on any atom is -0.493 e. The van der Waals surface area contributed by atoms with E-state index in [1.54, 1.807) is 27.3 Å². The Morgan fingerprint density at radius 3 is 2.41 bits per heavy atom. The predicted molar refractivity (Wildman–Crippen MR) is 102 cm³/mol. The Balaban J connectivity index is 2.08. The Morgan fingerprint density at radius 1 is 1.07 bits per heavy atom. The van der Waals surface area contributed by atoms with Gasteiger partial charge >= 0.3 is 0 Å². The molecule has 0 unspecified atom stereocenters. The van der Waals surface area contributed by atoms with Gasteiger partial charge in [0, 0.05) is 20.4 Å². The highest BCUT2D eigenvalue weighted by molar-refractivity contribution is 5.99. The number of anilines is 2. The molecule has 27 heavy (non-hydrogen) atoms. The molecule has 0 aromatic heterocycles. The van der Waals surface area contributed by atoms with E-state index in [0.29, 0.717) is 23.6 Å². The molecule has 0 aliphatic rings. The zero-order chi connectivity index (χ0) is 20.0. The highest BCUT2D eigenvalue weighted by atomic mass is 19.1. The quantitative estimate of drug-likeness (QED) is 0.807. The van der Waals surface area contributed by atoms with Crippen molar-refractivity contribution in [2.75, 3.05) is 31.5 Å². The van der Waals surface area contributed by atoms with E-state index in [4.69, 9.17) is 9.47 Å². The van der Waals surface area contributed by atoms with Gasteiger partial charge in [-0.2, -0.15) is 0 Å². The molecule has 1 N–H and O–H groups in total. The van der Waals surface area contributed by atoms with Gasteiger partial charge in [-0.25, -0.2) is 4.39 Å². The van der Waals surface area contributed by atoms with Crippen LogP contribution in [0.5, 0.6) is 11.5 Å². The van der Waals surface area contributed by atoms with Crippen LogP contribution in [0.25, 0.3) is 0 Å². The third-order valence-corrected chi connectivity index (χ3v) is 4.16. The van der Waals surface area contributed by atoms with E-state index in [2.05, 4.69) is 5.32 Å². The molecule has 0 atom stereocenters. The molecular weight excluding hydrogens is 351 g/mol. The maximum atomic E-state index is 13.6. The van der Waals surface area contributed by atoms with Crippen molar-refractivity contribution in [2.45, 2.75) is 19.8 Å². The number of nitrogens with one attached hydrogen (secondary N) is 1. The Kier molecular flexibility index (Phi) is 6.76. The number of halogens is 1. The van der Waals surface area contributed by atoms with Crippen LogP contribution in [-0.4, -0.2) is 33.1 Å². The molecule has 0 aliphatic carbocycles. The first-order valence-corrected chi connectivity index (χ1v) is 8.40. The fourth-order valence-electron chi connectivity index (χ4n) is 2.58. The molecule has 7 heteroatoms. The van der Waals surface area contributed by atoms with Crippen molar-refractivity contribution in [3.63, 3.8) is 0 Å². The van der Waals surface area contributed by atoms with E-state index in [9.17, 15) is 14.0 Å². The number of hydrogen-bond donors (Lipinski definition) is 1. The molecule has 0 saturated heterocycles. The van der Waals surface area contributed by atoms with Crippen LogP contribution in [0.3, 0.4) is 0 Å². The summed E-state index contributed by atoms with van der Waals surface area (Å²) < 4.78 is 24.0. The summed E-state index contributed by atoms with van der Waals surface area (Å²) in [4.78, 5) is 25.3. The van der Waals surface area contributed by atoms with Gasteiger partial charge in [-0.3, -0.25) is 9.59 Å². The van der Waals surface area contributed by atoms with Crippen molar-refractivity contribution < 1.29 is 23.5 Å². The van der Waals surface area contributed by atoms with Crippen molar-refractivity contribution in [3.05, 3.63) is 47.8 Å². The maximum Gasteiger partial charge on any atom is 0.224 e. The second-order valence-corrected chi connectivity index (χ2v) is 5.98. The smallest absolute Gasteiger partial charge is 0.224 e. The average Bonchev–Trinajstić information content (AvgIpc) is 2.65. The molecule has 0 saturated carbocycles. The van der Waals surface area contributed by atoms with Crippen LogP contribution in [0.4, 0.5) is 15.8 Å². The summed E-state index contributed by atoms with van der Waals surface area (Å²) in [7, 11) is 4.67. The highest BCUT2D eigenvalue weighted by Crippen LogP contribution is 2.29. The second kappa shape index (κ2) is 9.02.